The first-order chi connectivity index (χ1) is 17.4. The number of halogens is 2. The highest BCUT2D eigenvalue weighted by atomic mass is 19.1. The Hall–Kier alpha value is -3.55. The molecule has 1 atom stereocenters. The Kier molecular flexibility index (Phi) is 8.46. The molecule has 2 heterocycles. The predicted molar refractivity (Wildman–Crippen MR) is 130 cm³/mol. The second-order valence-corrected chi connectivity index (χ2v) is 9.01. The fraction of sp³-hybridized carbons (Fsp3) is 0.393. The molecule has 8 heteroatoms. The lowest BCUT2D eigenvalue weighted by Crippen LogP contribution is -2.40. The summed E-state index contributed by atoms with van der Waals surface area (Å²) in [5.74, 6) is 0.223. The summed E-state index contributed by atoms with van der Waals surface area (Å²) in [6, 6.07) is 12.2. The molecule has 4 rings (SSSR count). The number of aryl methyl sites for hydroxylation is 1. The topological polar surface area (TPSA) is 72.6 Å². The maximum Gasteiger partial charge on any atom is 0.306 e. The highest BCUT2D eigenvalue weighted by molar-refractivity contribution is 5.76. The van der Waals surface area contributed by atoms with Crippen LogP contribution in [-0.4, -0.2) is 41.5 Å². The number of likely N-dealkylation sites (tertiary alicyclic amines) is 1. The number of rotatable bonds is 9. The highest BCUT2D eigenvalue weighted by Gasteiger charge is 2.31. The van der Waals surface area contributed by atoms with Crippen LogP contribution in [0.3, 0.4) is 0 Å². The van der Waals surface area contributed by atoms with E-state index in [1.807, 2.05) is 4.90 Å². The van der Waals surface area contributed by atoms with Gasteiger partial charge < -0.3 is 14.1 Å². The van der Waals surface area contributed by atoms with Crippen molar-refractivity contribution in [2.75, 3.05) is 19.7 Å². The summed E-state index contributed by atoms with van der Waals surface area (Å²) in [6.45, 7) is 3.28. The van der Waals surface area contributed by atoms with Crippen molar-refractivity contribution in [3.8, 4) is 11.3 Å². The van der Waals surface area contributed by atoms with E-state index in [1.165, 1.54) is 24.3 Å². The van der Waals surface area contributed by atoms with Gasteiger partial charge in [-0.15, -0.1) is 0 Å². The van der Waals surface area contributed by atoms with E-state index < -0.39 is 0 Å². The van der Waals surface area contributed by atoms with Gasteiger partial charge in [-0.1, -0.05) is 12.1 Å². The Balaban J connectivity index is 1.31. The number of esters is 1. The van der Waals surface area contributed by atoms with Crippen LogP contribution in [0.25, 0.3) is 11.3 Å². The smallest absolute Gasteiger partial charge is 0.306 e. The molecule has 0 spiro atoms. The molecule has 1 unspecified atom stereocenters. The molecule has 6 nitrogen and oxygen atoms in total. The van der Waals surface area contributed by atoms with Crippen molar-refractivity contribution < 1.29 is 27.5 Å². The minimum Gasteiger partial charge on any atom is -0.466 e. The molecule has 3 aromatic rings. The minimum absolute atomic E-state index is 0.0266. The number of piperidine rings is 1. The molecule has 0 bridgehead atoms. The number of amides is 1. The first kappa shape index (κ1) is 25.5. The third kappa shape index (κ3) is 6.56. The van der Waals surface area contributed by atoms with Crippen LogP contribution in [0, 0.1) is 17.6 Å². The molecule has 0 N–H and O–H groups in total. The number of benzene rings is 2. The van der Waals surface area contributed by atoms with Crippen LogP contribution in [0.15, 0.2) is 59.1 Å². The third-order valence-electron chi connectivity index (χ3n) is 6.69. The zero-order chi connectivity index (χ0) is 25.5. The molecule has 1 aliphatic heterocycles. The average Bonchev–Trinajstić information content (AvgIpc) is 3.36. The molecule has 1 aromatic heterocycles. The van der Waals surface area contributed by atoms with E-state index in [2.05, 4.69) is 4.98 Å². The van der Waals surface area contributed by atoms with Crippen LogP contribution in [-0.2, 0) is 20.7 Å². The number of carbonyl (C=O) groups is 2. The monoisotopic (exact) mass is 496 g/mol. The van der Waals surface area contributed by atoms with Gasteiger partial charge in [-0.25, -0.2) is 13.8 Å². The number of hydrogen-bond donors (Lipinski definition) is 0. The zero-order valence-electron chi connectivity index (χ0n) is 20.3. The molecular formula is C28H30F2N2O4. The molecule has 2 aromatic carbocycles. The Morgan fingerprint density at radius 1 is 1.06 bits per heavy atom. The summed E-state index contributed by atoms with van der Waals surface area (Å²) >= 11 is 0. The summed E-state index contributed by atoms with van der Waals surface area (Å²) in [7, 11) is 0. The van der Waals surface area contributed by atoms with Crippen molar-refractivity contribution in [2.45, 2.75) is 44.9 Å². The maximum absolute atomic E-state index is 13.5. The van der Waals surface area contributed by atoms with Gasteiger partial charge in [0.25, 0.3) is 0 Å². The van der Waals surface area contributed by atoms with Gasteiger partial charge in [0.15, 0.2) is 11.7 Å². The molecule has 0 radical (unpaired) electrons. The van der Waals surface area contributed by atoms with Gasteiger partial charge in [0.1, 0.15) is 11.6 Å². The molecule has 1 aliphatic rings. The third-order valence-corrected chi connectivity index (χ3v) is 6.69. The van der Waals surface area contributed by atoms with Crippen molar-refractivity contribution >= 4 is 11.9 Å². The molecule has 1 fully saturated rings. The van der Waals surface area contributed by atoms with Crippen LogP contribution in [0.4, 0.5) is 8.78 Å². The number of hydrogen-bond acceptors (Lipinski definition) is 5. The van der Waals surface area contributed by atoms with Crippen molar-refractivity contribution in [1.82, 2.24) is 9.88 Å². The van der Waals surface area contributed by atoms with Crippen molar-refractivity contribution in [1.29, 1.82) is 0 Å². The number of carbonyl (C=O) groups excluding carboxylic acids is 2. The van der Waals surface area contributed by atoms with Gasteiger partial charge >= 0.3 is 5.97 Å². The van der Waals surface area contributed by atoms with Crippen LogP contribution >= 0.6 is 0 Å². The van der Waals surface area contributed by atoms with Gasteiger partial charge in [-0.3, -0.25) is 9.59 Å². The Bertz CT molecular complexity index is 1150. The second kappa shape index (κ2) is 11.9. The van der Waals surface area contributed by atoms with Crippen LogP contribution in [0.5, 0.6) is 0 Å². The van der Waals surface area contributed by atoms with Crippen molar-refractivity contribution in [2.24, 2.45) is 5.92 Å². The zero-order valence-corrected chi connectivity index (χ0v) is 20.3. The number of ether oxygens (including phenoxy) is 1. The summed E-state index contributed by atoms with van der Waals surface area (Å²) in [6.07, 6.45) is 3.97. The quantitative estimate of drug-likeness (QED) is 0.365. The van der Waals surface area contributed by atoms with Gasteiger partial charge in [-0.2, -0.15) is 0 Å². The van der Waals surface area contributed by atoms with E-state index in [0.717, 1.165) is 24.0 Å². The Labute approximate surface area is 209 Å². The number of aromatic nitrogens is 1. The molecule has 0 aliphatic carbocycles. The summed E-state index contributed by atoms with van der Waals surface area (Å²) in [5.41, 5.74) is 1.64. The van der Waals surface area contributed by atoms with E-state index in [1.54, 1.807) is 37.4 Å². The lowest BCUT2D eigenvalue weighted by atomic mass is 9.78. The fourth-order valence-corrected chi connectivity index (χ4v) is 4.76. The van der Waals surface area contributed by atoms with Gasteiger partial charge in [0, 0.05) is 31.5 Å². The highest BCUT2D eigenvalue weighted by Crippen LogP contribution is 2.36. The van der Waals surface area contributed by atoms with E-state index in [9.17, 15) is 18.4 Å². The maximum atomic E-state index is 13.5. The van der Waals surface area contributed by atoms with E-state index >= 15 is 0 Å². The fourth-order valence-electron chi connectivity index (χ4n) is 4.76. The molecular weight excluding hydrogens is 466 g/mol. The average molecular weight is 497 g/mol. The van der Waals surface area contributed by atoms with Gasteiger partial charge in [0.05, 0.1) is 19.2 Å². The molecule has 0 saturated carbocycles. The Morgan fingerprint density at radius 3 is 2.33 bits per heavy atom. The van der Waals surface area contributed by atoms with Gasteiger partial charge in [-0.05, 0) is 73.6 Å². The standard InChI is InChI=1S/C28H30F2N2O4/c1-2-35-28(34)17-24(19-3-7-22(29)8-4-19)20-13-15-32(16-14-20)27(33)12-11-26-31-18-25(36-26)21-5-9-23(30)10-6-21/h3-10,18,20,24H,2,11-17H2,1H3. The Morgan fingerprint density at radius 2 is 1.69 bits per heavy atom. The van der Waals surface area contributed by atoms with Crippen molar-refractivity contribution in [3.63, 3.8) is 0 Å². The van der Waals surface area contributed by atoms with Crippen LogP contribution in [0.2, 0.25) is 0 Å². The number of oxazole rings is 1. The number of nitrogens with zero attached hydrogens (tertiary/aromatic N) is 2. The molecule has 190 valence electrons. The lowest BCUT2D eigenvalue weighted by Gasteiger charge is -2.36. The summed E-state index contributed by atoms with van der Waals surface area (Å²) in [4.78, 5) is 31.2. The summed E-state index contributed by atoms with van der Waals surface area (Å²) in [5, 5.41) is 0. The van der Waals surface area contributed by atoms with E-state index in [0.29, 0.717) is 37.8 Å². The normalized spacial score (nSPS) is 15.0. The van der Waals surface area contributed by atoms with E-state index in [-0.39, 0.29) is 48.2 Å². The largest absolute Gasteiger partial charge is 0.466 e. The van der Waals surface area contributed by atoms with Gasteiger partial charge in [0.2, 0.25) is 5.91 Å². The summed E-state index contributed by atoms with van der Waals surface area (Å²) < 4.78 is 37.5. The molecule has 36 heavy (non-hydrogen) atoms. The van der Waals surface area contributed by atoms with E-state index in [4.69, 9.17) is 9.15 Å². The van der Waals surface area contributed by atoms with Crippen LogP contribution < -0.4 is 0 Å². The van der Waals surface area contributed by atoms with Crippen LogP contribution in [0.1, 0.15) is 50.0 Å². The second-order valence-electron chi connectivity index (χ2n) is 9.01. The minimum atomic E-state index is -0.322. The first-order valence-corrected chi connectivity index (χ1v) is 12.3. The predicted octanol–water partition coefficient (Wildman–Crippen LogP) is 5.53. The lowest BCUT2D eigenvalue weighted by molar-refractivity contribution is -0.144. The SMILES string of the molecule is CCOC(=O)CC(c1ccc(F)cc1)C1CCN(C(=O)CCc2ncc(-c3ccc(F)cc3)o2)CC1. The molecule has 1 amide bonds. The van der Waals surface area contributed by atoms with Crippen molar-refractivity contribution in [3.05, 3.63) is 77.8 Å². The molecule has 1 saturated heterocycles. The first-order valence-electron chi connectivity index (χ1n) is 12.3.